The van der Waals surface area contributed by atoms with Crippen molar-refractivity contribution in [2.24, 2.45) is 5.92 Å². The molecule has 0 bridgehead atoms. The molecule has 6 nitrogen and oxygen atoms in total. The van der Waals surface area contributed by atoms with Crippen LogP contribution < -0.4 is 10.0 Å². The second-order valence-electron chi connectivity index (χ2n) is 5.94. The molecule has 0 spiro atoms. The van der Waals surface area contributed by atoms with Gasteiger partial charge >= 0.3 is 0 Å². The van der Waals surface area contributed by atoms with Crippen molar-refractivity contribution >= 4 is 21.6 Å². The lowest BCUT2D eigenvalue weighted by Gasteiger charge is -2.28. The van der Waals surface area contributed by atoms with E-state index in [1.807, 2.05) is 14.1 Å². The highest BCUT2D eigenvalue weighted by atomic mass is 32.2. The summed E-state index contributed by atoms with van der Waals surface area (Å²) in [4.78, 5) is 14.2. The van der Waals surface area contributed by atoms with Crippen molar-refractivity contribution in [1.29, 1.82) is 0 Å². The molecule has 1 rings (SSSR count). The van der Waals surface area contributed by atoms with Crippen LogP contribution in [0.1, 0.15) is 24.2 Å². The average Bonchev–Trinajstić information content (AvgIpc) is 2.36. The normalized spacial score (nSPS) is 13.2. The van der Waals surface area contributed by atoms with Crippen LogP contribution in [0.4, 0.5) is 5.69 Å². The zero-order valence-electron chi connectivity index (χ0n) is 13.8. The largest absolute Gasteiger partial charge is 0.350 e. The Balaban J connectivity index is 2.66. The second kappa shape index (κ2) is 7.60. The molecule has 0 radical (unpaired) electrons. The zero-order valence-corrected chi connectivity index (χ0v) is 14.6. The van der Waals surface area contributed by atoms with Gasteiger partial charge in [0.05, 0.1) is 6.26 Å². The van der Waals surface area contributed by atoms with E-state index in [0.717, 1.165) is 6.26 Å². The first kappa shape index (κ1) is 18.4. The van der Waals surface area contributed by atoms with Crippen molar-refractivity contribution < 1.29 is 13.2 Å². The first-order chi connectivity index (χ1) is 10.1. The Kier molecular flexibility index (Phi) is 6.37. The maximum atomic E-state index is 12.1. The molecular formula is C15H25N3O3S. The predicted octanol–water partition coefficient (Wildman–Crippen LogP) is 1.37. The monoisotopic (exact) mass is 327 g/mol. The lowest BCUT2D eigenvalue weighted by atomic mass is 10.0. The first-order valence-corrected chi connectivity index (χ1v) is 9.02. The molecule has 124 valence electrons. The molecule has 1 amide bonds. The molecule has 7 heteroatoms. The van der Waals surface area contributed by atoms with Crippen LogP contribution in [0, 0.1) is 5.92 Å². The van der Waals surface area contributed by atoms with Gasteiger partial charge in [-0.25, -0.2) is 8.42 Å². The number of sulfonamides is 1. The topological polar surface area (TPSA) is 78.5 Å². The first-order valence-electron chi connectivity index (χ1n) is 7.12. The van der Waals surface area contributed by atoms with E-state index in [1.165, 1.54) is 0 Å². The number of carbonyl (C=O) groups excluding carboxylic acids is 1. The maximum absolute atomic E-state index is 12.1. The maximum Gasteiger partial charge on any atom is 0.251 e. The van der Waals surface area contributed by atoms with Gasteiger partial charge in [-0.1, -0.05) is 13.8 Å². The van der Waals surface area contributed by atoms with E-state index >= 15 is 0 Å². The van der Waals surface area contributed by atoms with Gasteiger partial charge in [0.15, 0.2) is 0 Å². The molecule has 1 aromatic rings. The summed E-state index contributed by atoms with van der Waals surface area (Å²) < 4.78 is 24.6. The molecule has 0 aliphatic carbocycles. The number of anilines is 1. The number of hydrogen-bond donors (Lipinski definition) is 2. The number of benzene rings is 1. The van der Waals surface area contributed by atoms with Gasteiger partial charge in [0.1, 0.15) is 0 Å². The van der Waals surface area contributed by atoms with Gasteiger partial charge in [-0.15, -0.1) is 0 Å². The van der Waals surface area contributed by atoms with E-state index < -0.39 is 10.0 Å². The third-order valence-electron chi connectivity index (χ3n) is 3.35. The number of hydrogen-bond acceptors (Lipinski definition) is 4. The Morgan fingerprint density at radius 2 is 1.73 bits per heavy atom. The molecule has 22 heavy (non-hydrogen) atoms. The van der Waals surface area contributed by atoms with Crippen LogP contribution in [0.5, 0.6) is 0 Å². The van der Waals surface area contributed by atoms with Crippen LogP contribution in [0.25, 0.3) is 0 Å². The lowest BCUT2D eigenvalue weighted by molar-refractivity contribution is 0.0934. The Bertz CT molecular complexity index is 587. The van der Waals surface area contributed by atoms with Crippen LogP contribution >= 0.6 is 0 Å². The predicted molar refractivity (Wildman–Crippen MR) is 89.6 cm³/mol. The van der Waals surface area contributed by atoms with Crippen LogP contribution in [0.3, 0.4) is 0 Å². The standard InChI is InChI=1S/C15H25N3O3S/c1-11(2)14(18(3)4)10-16-15(19)12-6-8-13(9-7-12)17-22(5,20)21/h6-9,11,14,17H,10H2,1-5H3,(H,16,19)/t14-/m1/s1. The van der Waals surface area contributed by atoms with Gasteiger partial charge in [-0.3, -0.25) is 9.52 Å². The summed E-state index contributed by atoms with van der Waals surface area (Å²) in [6.45, 7) is 4.79. The van der Waals surface area contributed by atoms with E-state index in [-0.39, 0.29) is 11.9 Å². The van der Waals surface area contributed by atoms with E-state index in [2.05, 4.69) is 28.8 Å². The van der Waals surface area contributed by atoms with Crippen LogP contribution in [0.2, 0.25) is 0 Å². The van der Waals surface area contributed by atoms with Crippen LogP contribution in [0.15, 0.2) is 24.3 Å². The quantitative estimate of drug-likeness (QED) is 0.793. The fourth-order valence-corrected chi connectivity index (χ4v) is 2.78. The van der Waals surface area contributed by atoms with Crippen molar-refractivity contribution in [1.82, 2.24) is 10.2 Å². The summed E-state index contributed by atoms with van der Waals surface area (Å²) in [5.74, 6) is 0.259. The molecular weight excluding hydrogens is 302 g/mol. The molecule has 1 aromatic carbocycles. The van der Waals surface area contributed by atoms with E-state index in [1.54, 1.807) is 24.3 Å². The van der Waals surface area contributed by atoms with Crippen molar-refractivity contribution in [3.05, 3.63) is 29.8 Å². The fourth-order valence-electron chi connectivity index (χ4n) is 2.22. The molecule has 0 unspecified atom stereocenters. The highest BCUT2D eigenvalue weighted by Gasteiger charge is 2.17. The van der Waals surface area contributed by atoms with Crippen molar-refractivity contribution in [3.63, 3.8) is 0 Å². The van der Waals surface area contributed by atoms with E-state index in [0.29, 0.717) is 23.7 Å². The molecule has 0 heterocycles. The fraction of sp³-hybridized carbons (Fsp3) is 0.533. The van der Waals surface area contributed by atoms with Crippen molar-refractivity contribution in [3.8, 4) is 0 Å². The number of rotatable bonds is 7. The molecule has 0 aliphatic rings. The average molecular weight is 327 g/mol. The zero-order chi connectivity index (χ0) is 16.9. The summed E-state index contributed by atoms with van der Waals surface area (Å²) in [5.41, 5.74) is 0.938. The van der Waals surface area contributed by atoms with Crippen molar-refractivity contribution in [2.75, 3.05) is 31.6 Å². The SMILES string of the molecule is CC(C)[C@@H](CNC(=O)c1ccc(NS(C)(=O)=O)cc1)N(C)C. The van der Waals surface area contributed by atoms with Gasteiger partial charge in [-0.05, 0) is 44.3 Å². The van der Waals surface area contributed by atoms with E-state index in [4.69, 9.17) is 0 Å². The minimum Gasteiger partial charge on any atom is -0.350 e. The third-order valence-corrected chi connectivity index (χ3v) is 3.96. The van der Waals surface area contributed by atoms with Gasteiger partial charge in [0, 0.05) is 23.8 Å². The van der Waals surface area contributed by atoms with Crippen molar-refractivity contribution in [2.45, 2.75) is 19.9 Å². The third kappa shape index (κ3) is 6.03. The van der Waals surface area contributed by atoms with Gasteiger partial charge < -0.3 is 10.2 Å². The Labute approximate surface area is 132 Å². The molecule has 0 aliphatic heterocycles. The molecule has 1 atom stereocenters. The molecule has 0 saturated carbocycles. The minimum atomic E-state index is -3.31. The Hall–Kier alpha value is -1.60. The summed E-state index contributed by atoms with van der Waals surface area (Å²) in [5, 5.41) is 2.91. The Morgan fingerprint density at radius 1 is 1.18 bits per heavy atom. The number of amides is 1. The summed E-state index contributed by atoms with van der Waals surface area (Å²) in [6.07, 6.45) is 1.08. The summed E-state index contributed by atoms with van der Waals surface area (Å²) in [7, 11) is 0.670. The molecule has 2 N–H and O–H groups in total. The van der Waals surface area contributed by atoms with Gasteiger partial charge in [0.25, 0.3) is 5.91 Å². The lowest BCUT2D eigenvalue weighted by Crippen LogP contribution is -2.43. The highest BCUT2D eigenvalue weighted by Crippen LogP contribution is 2.11. The number of likely N-dealkylation sites (N-methyl/N-ethyl adjacent to an activating group) is 1. The smallest absolute Gasteiger partial charge is 0.251 e. The Morgan fingerprint density at radius 3 is 2.14 bits per heavy atom. The second-order valence-corrected chi connectivity index (χ2v) is 7.69. The number of nitrogens with one attached hydrogen (secondary N) is 2. The number of carbonyl (C=O) groups is 1. The van der Waals surface area contributed by atoms with E-state index in [9.17, 15) is 13.2 Å². The molecule has 0 saturated heterocycles. The minimum absolute atomic E-state index is 0.168. The molecule has 0 aromatic heterocycles. The van der Waals surface area contributed by atoms with Gasteiger partial charge in [-0.2, -0.15) is 0 Å². The highest BCUT2D eigenvalue weighted by molar-refractivity contribution is 7.92. The molecule has 0 fully saturated rings. The summed E-state index contributed by atoms with van der Waals surface area (Å²) >= 11 is 0. The van der Waals surface area contributed by atoms with Crippen LogP contribution in [-0.2, 0) is 10.0 Å². The summed E-state index contributed by atoms with van der Waals surface area (Å²) in [6, 6.07) is 6.60. The number of nitrogens with zero attached hydrogens (tertiary/aromatic N) is 1. The van der Waals surface area contributed by atoms with Gasteiger partial charge in [0.2, 0.25) is 10.0 Å². The van der Waals surface area contributed by atoms with Crippen LogP contribution in [-0.4, -0.2) is 52.2 Å².